The van der Waals surface area contributed by atoms with Crippen molar-refractivity contribution in [3.8, 4) is 11.4 Å². The first-order valence-electron chi connectivity index (χ1n) is 3.93. The van der Waals surface area contributed by atoms with Gasteiger partial charge in [-0.3, -0.25) is 0 Å². The molecule has 0 spiro atoms. The molecule has 4 heteroatoms. The van der Waals surface area contributed by atoms with Crippen molar-refractivity contribution >= 4 is 0 Å². The largest absolute Gasteiger partial charge is 0.237 e. The summed E-state index contributed by atoms with van der Waals surface area (Å²) in [6.07, 6.45) is 5.01. The van der Waals surface area contributed by atoms with E-state index in [1.165, 1.54) is 0 Å². The molecule has 13 heavy (non-hydrogen) atoms. The Morgan fingerprint density at radius 2 is 2.00 bits per heavy atom. The Morgan fingerprint density at radius 1 is 1.08 bits per heavy atom. The van der Waals surface area contributed by atoms with Crippen LogP contribution in [0.15, 0.2) is 30.7 Å². The van der Waals surface area contributed by atoms with Gasteiger partial charge in [-0.15, -0.1) is 0 Å². The maximum Gasteiger partial charge on any atom is 0.161 e. The molecule has 0 unspecified atom stereocenters. The zero-order chi connectivity index (χ0) is 9.10. The van der Waals surface area contributed by atoms with Gasteiger partial charge in [-0.2, -0.15) is 10.2 Å². The molecule has 0 amide bonds. The van der Waals surface area contributed by atoms with E-state index >= 15 is 0 Å². The number of aryl methyl sites for hydroxylation is 1. The minimum Gasteiger partial charge on any atom is -0.237 e. The fourth-order valence-electron chi connectivity index (χ4n) is 1.01. The van der Waals surface area contributed by atoms with Crippen molar-refractivity contribution in [1.82, 2.24) is 20.2 Å². The van der Waals surface area contributed by atoms with Gasteiger partial charge in [-0.25, -0.2) is 9.97 Å². The molecule has 0 aliphatic heterocycles. The second-order valence-electron chi connectivity index (χ2n) is 2.65. The Hall–Kier alpha value is -1.84. The first-order chi connectivity index (χ1) is 6.36. The lowest BCUT2D eigenvalue weighted by atomic mass is 10.3. The lowest BCUT2D eigenvalue weighted by Crippen LogP contribution is -1.91. The maximum atomic E-state index is 4.26. The number of rotatable bonds is 1. The summed E-state index contributed by atoms with van der Waals surface area (Å²) in [7, 11) is 0. The van der Waals surface area contributed by atoms with Crippen molar-refractivity contribution in [2.45, 2.75) is 6.92 Å². The van der Waals surface area contributed by atoms with Gasteiger partial charge in [0.05, 0.1) is 12.4 Å². The summed E-state index contributed by atoms with van der Waals surface area (Å²) in [5, 5.41) is 7.45. The third-order valence-corrected chi connectivity index (χ3v) is 1.64. The Morgan fingerprint density at radius 3 is 2.69 bits per heavy atom. The topological polar surface area (TPSA) is 51.6 Å². The third-order valence-electron chi connectivity index (χ3n) is 1.64. The summed E-state index contributed by atoms with van der Waals surface area (Å²) >= 11 is 0. The summed E-state index contributed by atoms with van der Waals surface area (Å²) in [6.45, 7) is 1.93. The van der Waals surface area contributed by atoms with Crippen LogP contribution in [-0.4, -0.2) is 20.2 Å². The van der Waals surface area contributed by atoms with Crippen molar-refractivity contribution in [3.05, 3.63) is 36.4 Å². The van der Waals surface area contributed by atoms with E-state index in [1.54, 1.807) is 18.6 Å². The van der Waals surface area contributed by atoms with E-state index in [2.05, 4.69) is 20.2 Å². The highest BCUT2D eigenvalue weighted by Crippen LogP contribution is 2.10. The maximum absolute atomic E-state index is 4.26. The van der Waals surface area contributed by atoms with E-state index in [0.29, 0.717) is 5.82 Å². The first kappa shape index (κ1) is 7.79. The molecule has 0 aliphatic carbocycles. The number of hydrogen-bond donors (Lipinski definition) is 0. The highest BCUT2D eigenvalue weighted by molar-refractivity contribution is 5.51. The number of aromatic nitrogens is 4. The molecule has 0 aliphatic rings. The Labute approximate surface area is 75.7 Å². The first-order valence-corrected chi connectivity index (χ1v) is 3.93. The predicted octanol–water partition coefficient (Wildman–Crippen LogP) is 1.24. The van der Waals surface area contributed by atoms with Crippen LogP contribution in [0.25, 0.3) is 11.4 Å². The molecule has 0 saturated heterocycles. The molecule has 0 saturated carbocycles. The number of hydrogen-bond acceptors (Lipinski definition) is 4. The molecule has 0 N–H and O–H groups in total. The lowest BCUT2D eigenvalue weighted by molar-refractivity contribution is 1.02. The second kappa shape index (κ2) is 3.26. The van der Waals surface area contributed by atoms with E-state index in [0.717, 1.165) is 11.3 Å². The van der Waals surface area contributed by atoms with Crippen LogP contribution in [0.1, 0.15) is 5.69 Å². The van der Waals surface area contributed by atoms with Gasteiger partial charge in [0.1, 0.15) is 0 Å². The molecule has 0 atom stereocenters. The smallest absolute Gasteiger partial charge is 0.161 e. The summed E-state index contributed by atoms with van der Waals surface area (Å²) in [5.74, 6) is 0.690. The van der Waals surface area contributed by atoms with E-state index < -0.39 is 0 Å². The van der Waals surface area contributed by atoms with Crippen LogP contribution >= 0.6 is 0 Å². The van der Waals surface area contributed by atoms with Crippen LogP contribution < -0.4 is 0 Å². The van der Waals surface area contributed by atoms with Gasteiger partial charge in [-0.1, -0.05) is 0 Å². The molecular formula is C9H8N4. The molecule has 2 heterocycles. The van der Waals surface area contributed by atoms with Gasteiger partial charge in [-0.05, 0) is 19.1 Å². The van der Waals surface area contributed by atoms with Gasteiger partial charge < -0.3 is 0 Å². The molecule has 64 valence electrons. The van der Waals surface area contributed by atoms with Gasteiger partial charge in [0.25, 0.3) is 0 Å². The van der Waals surface area contributed by atoms with Crippen LogP contribution in [0.4, 0.5) is 0 Å². The quantitative estimate of drug-likeness (QED) is 0.649. The van der Waals surface area contributed by atoms with Crippen LogP contribution in [0.5, 0.6) is 0 Å². The average molecular weight is 172 g/mol. The lowest BCUT2D eigenvalue weighted by Gasteiger charge is -1.98. The SMILES string of the molecule is Cc1ccnc(-c2ccnnc2)n1. The van der Waals surface area contributed by atoms with E-state index in [9.17, 15) is 0 Å². The monoisotopic (exact) mass is 172 g/mol. The third kappa shape index (κ3) is 1.66. The normalized spacial score (nSPS) is 9.92. The molecule has 2 rings (SSSR count). The van der Waals surface area contributed by atoms with Crippen molar-refractivity contribution in [3.63, 3.8) is 0 Å². The van der Waals surface area contributed by atoms with E-state index in [4.69, 9.17) is 0 Å². The van der Waals surface area contributed by atoms with Gasteiger partial charge in [0, 0.05) is 17.5 Å². The summed E-state index contributed by atoms with van der Waals surface area (Å²) in [5.41, 5.74) is 1.83. The van der Waals surface area contributed by atoms with Crippen LogP contribution in [0.2, 0.25) is 0 Å². The molecule has 2 aromatic rings. The zero-order valence-corrected chi connectivity index (χ0v) is 7.18. The highest BCUT2D eigenvalue weighted by atomic mass is 15.1. The molecule has 2 aromatic heterocycles. The van der Waals surface area contributed by atoms with Gasteiger partial charge in [0.2, 0.25) is 0 Å². The fourth-order valence-corrected chi connectivity index (χ4v) is 1.01. The van der Waals surface area contributed by atoms with Crippen LogP contribution in [0.3, 0.4) is 0 Å². The Balaban J connectivity index is 2.48. The average Bonchev–Trinajstić information content (AvgIpc) is 2.19. The standard InChI is InChI=1S/C9H8N4/c1-7-2-4-10-9(13-7)8-3-5-11-12-6-8/h2-6H,1H3. The van der Waals surface area contributed by atoms with Crippen molar-refractivity contribution < 1.29 is 0 Å². The molecular weight excluding hydrogens is 164 g/mol. The van der Waals surface area contributed by atoms with Crippen molar-refractivity contribution in [1.29, 1.82) is 0 Å². The number of nitrogens with zero attached hydrogens (tertiary/aromatic N) is 4. The molecule has 0 fully saturated rings. The van der Waals surface area contributed by atoms with Crippen LogP contribution in [0, 0.1) is 6.92 Å². The summed E-state index contributed by atoms with van der Waals surface area (Å²) in [4.78, 5) is 8.40. The van der Waals surface area contributed by atoms with Crippen LogP contribution in [-0.2, 0) is 0 Å². The van der Waals surface area contributed by atoms with E-state index in [1.807, 2.05) is 19.1 Å². The van der Waals surface area contributed by atoms with Gasteiger partial charge >= 0.3 is 0 Å². The second-order valence-corrected chi connectivity index (χ2v) is 2.65. The molecule has 0 aromatic carbocycles. The fraction of sp³-hybridized carbons (Fsp3) is 0.111. The van der Waals surface area contributed by atoms with E-state index in [-0.39, 0.29) is 0 Å². The Bertz CT molecular complexity index is 399. The predicted molar refractivity (Wildman–Crippen MR) is 47.8 cm³/mol. The minimum absolute atomic E-state index is 0.690. The highest BCUT2D eigenvalue weighted by Gasteiger charge is 1.99. The zero-order valence-electron chi connectivity index (χ0n) is 7.18. The summed E-state index contributed by atoms with van der Waals surface area (Å²) in [6, 6.07) is 3.69. The van der Waals surface area contributed by atoms with Crippen molar-refractivity contribution in [2.75, 3.05) is 0 Å². The minimum atomic E-state index is 0.690. The molecule has 4 nitrogen and oxygen atoms in total. The molecule has 0 radical (unpaired) electrons. The van der Waals surface area contributed by atoms with Gasteiger partial charge in [0.15, 0.2) is 5.82 Å². The Kier molecular flexibility index (Phi) is 1.96. The summed E-state index contributed by atoms with van der Waals surface area (Å²) < 4.78 is 0. The molecule has 0 bridgehead atoms. The van der Waals surface area contributed by atoms with Crippen molar-refractivity contribution in [2.24, 2.45) is 0 Å².